The molecule has 2 aromatic heterocycles. The molecule has 0 radical (unpaired) electrons. The zero-order valence-corrected chi connectivity index (χ0v) is 11.0. The summed E-state index contributed by atoms with van der Waals surface area (Å²) in [5, 5.41) is 3.08. The second-order valence-corrected chi connectivity index (χ2v) is 5.92. The molecule has 1 unspecified atom stereocenters. The highest BCUT2D eigenvalue weighted by Gasteiger charge is 2.13. The molecule has 0 aliphatic carbocycles. The van der Waals surface area contributed by atoms with Gasteiger partial charge in [0.1, 0.15) is 5.01 Å². The van der Waals surface area contributed by atoms with E-state index in [2.05, 4.69) is 29.2 Å². The van der Waals surface area contributed by atoms with Gasteiger partial charge in [0.15, 0.2) is 0 Å². The van der Waals surface area contributed by atoms with Crippen molar-refractivity contribution in [3.63, 3.8) is 0 Å². The Bertz CT molecular complexity index is 434. The summed E-state index contributed by atoms with van der Waals surface area (Å²) in [7, 11) is 0. The standard InChI is InChI=1S/C11H15N3S2/c1-7(2)3-8(12)9-5-15-11(14-9)10-4-13-6-16-10/h4-8H,3,12H2,1-2H3. The van der Waals surface area contributed by atoms with Crippen molar-refractivity contribution in [3.8, 4) is 9.88 Å². The summed E-state index contributed by atoms with van der Waals surface area (Å²) in [6.07, 6.45) is 2.83. The van der Waals surface area contributed by atoms with Crippen molar-refractivity contribution in [2.24, 2.45) is 11.7 Å². The average Bonchev–Trinajstić information content (AvgIpc) is 2.87. The van der Waals surface area contributed by atoms with Crippen LogP contribution < -0.4 is 5.73 Å². The molecule has 5 heteroatoms. The van der Waals surface area contributed by atoms with Gasteiger partial charge in [-0.1, -0.05) is 13.8 Å². The van der Waals surface area contributed by atoms with E-state index in [4.69, 9.17) is 5.73 Å². The summed E-state index contributed by atoms with van der Waals surface area (Å²) in [6, 6.07) is 0.0536. The average molecular weight is 253 g/mol. The van der Waals surface area contributed by atoms with E-state index < -0.39 is 0 Å². The maximum absolute atomic E-state index is 6.09. The number of hydrogen-bond acceptors (Lipinski definition) is 5. The summed E-state index contributed by atoms with van der Waals surface area (Å²) in [4.78, 5) is 9.74. The van der Waals surface area contributed by atoms with E-state index in [0.717, 1.165) is 22.0 Å². The van der Waals surface area contributed by atoms with Crippen LogP contribution in [0.3, 0.4) is 0 Å². The highest BCUT2D eigenvalue weighted by Crippen LogP contribution is 2.29. The Kier molecular flexibility index (Phi) is 3.68. The lowest BCUT2D eigenvalue weighted by molar-refractivity contribution is 0.504. The fraction of sp³-hybridized carbons (Fsp3) is 0.455. The van der Waals surface area contributed by atoms with Crippen LogP contribution in [0.15, 0.2) is 17.1 Å². The van der Waals surface area contributed by atoms with E-state index in [1.54, 1.807) is 22.7 Å². The van der Waals surface area contributed by atoms with Gasteiger partial charge in [-0.15, -0.1) is 22.7 Å². The number of nitrogens with two attached hydrogens (primary N) is 1. The topological polar surface area (TPSA) is 51.8 Å². The maximum Gasteiger partial charge on any atom is 0.135 e. The lowest BCUT2D eigenvalue weighted by atomic mass is 10.0. The molecule has 3 nitrogen and oxygen atoms in total. The Morgan fingerprint density at radius 3 is 2.81 bits per heavy atom. The second-order valence-electron chi connectivity index (χ2n) is 4.18. The third-order valence-electron chi connectivity index (χ3n) is 2.27. The number of thiazole rings is 2. The molecule has 0 amide bonds. The molecule has 1 atom stereocenters. The number of rotatable bonds is 4. The molecular formula is C11H15N3S2. The van der Waals surface area contributed by atoms with Crippen LogP contribution in [0.2, 0.25) is 0 Å². The fourth-order valence-electron chi connectivity index (χ4n) is 1.52. The SMILES string of the molecule is CC(C)CC(N)c1csc(-c2cncs2)n1. The van der Waals surface area contributed by atoms with Crippen molar-refractivity contribution < 1.29 is 0 Å². The van der Waals surface area contributed by atoms with Crippen LogP contribution in [0.25, 0.3) is 9.88 Å². The molecule has 2 aromatic rings. The summed E-state index contributed by atoms with van der Waals surface area (Å²) >= 11 is 3.25. The third-order valence-corrected chi connectivity index (χ3v) is 4.07. The van der Waals surface area contributed by atoms with Crippen molar-refractivity contribution in [2.45, 2.75) is 26.3 Å². The Labute approximate surface area is 103 Å². The number of hydrogen-bond donors (Lipinski definition) is 1. The molecule has 0 fully saturated rings. The minimum Gasteiger partial charge on any atom is -0.323 e. The fourth-order valence-corrected chi connectivity index (χ4v) is 3.10. The first kappa shape index (κ1) is 11.7. The van der Waals surface area contributed by atoms with E-state index >= 15 is 0 Å². The van der Waals surface area contributed by atoms with Gasteiger partial charge in [-0.2, -0.15) is 0 Å². The summed E-state index contributed by atoms with van der Waals surface area (Å²) in [6.45, 7) is 4.35. The van der Waals surface area contributed by atoms with E-state index in [1.807, 2.05) is 11.7 Å². The van der Waals surface area contributed by atoms with Crippen molar-refractivity contribution in [1.29, 1.82) is 0 Å². The van der Waals surface area contributed by atoms with Crippen molar-refractivity contribution in [1.82, 2.24) is 9.97 Å². The Hall–Kier alpha value is -0.780. The van der Waals surface area contributed by atoms with Crippen LogP contribution in [-0.2, 0) is 0 Å². The smallest absolute Gasteiger partial charge is 0.135 e. The lowest BCUT2D eigenvalue weighted by Crippen LogP contribution is -2.13. The molecule has 2 heterocycles. The molecule has 86 valence electrons. The van der Waals surface area contributed by atoms with E-state index in [1.165, 1.54) is 0 Å². The molecule has 2 rings (SSSR count). The summed E-state index contributed by atoms with van der Waals surface area (Å²) in [5.74, 6) is 0.601. The highest BCUT2D eigenvalue weighted by atomic mass is 32.1. The van der Waals surface area contributed by atoms with Crippen LogP contribution >= 0.6 is 22.7 Å². The molecule has 2 N–H and O–H groups in total. The minimum absolute atomic E-state index is 0.0536. The van der Waals surface area contributed by atoms with Gasteiger partial charge < -0.3 is 5.73 Å². The van der Waals surface area contributed by atoms with Gasteiger partial charge in [-0.25, -0.2) is 4.98 Å². The monoisotopic (exact) mass is 253 g/mol. The van der Waals surface area contributed by atoms with Crippen LogP contribution in [0.4, 0.5) is 0 Å². The molecule has 16 heavy (non-hydrogen) atoms. The predicted molar refractivity (Wildman–Crippen MR) is 69.6 cm³/mol. The molecule has 0 aromatic carbocycles. The predicted octanol–water partition coefficient (Wildman–Crippen LogP) is 3.31. The Morgan fingerprint density at radius 2 is 2.19 bits per heavy atom. The molecule has 0 spiro atoms. The molecule has 0 aliphatic rings. The van der Waals surface area contributed by atoms with Gasteiger partial charge >= 0.3 is 0 Å². The normalized spacial score (nSPS) is 13.2. The first-order valence-electron chi connectivity index (χ1n) is 5.26. The summed E-state index contributed by atoms with van der Waals surface area (Å²) in [5.41, 5.74) is 8.92. The van der Waals surface area contributed by atoms with Gasteiger partial charge in [0.05, 0.1) is 16.1 Å². The lowest BCUT2D eigenvalue weighted by Gasteiger charge is -2.10. The van der Waals surface area contributed by atoms with Crippen LogP contribution in [0.1, 0.15) is 32.0 Å². The van der Waals surface area contributed by atoms with Crippen molar-refractivity contribution in [2.75, 3.05) is 0 Å². The Morgan fingerprint density at radius 1 is 1.38 bits per heavy atom. The minimum atomic E-state index is 0.0536. The van der Waals surface area contributed by atoms with E-state index in [-0.39, 0.29) is 6.04 Å². The third kappa shape index (κ3) is 2.66. The Balaban J connectivity index is 2.13. The first-order chi connectivity index (χ1) is 7.66. The first-order valence-corrected chi connectivity index (χ1v) is 7.02. The highest BCUT2D eigenvalue weighted by molar-refractivity contribution is 7.19. The van der Waals surface area contributed by atoms with Crippen LogP contribution in [0, 0.1) is 5.92 Å². The van der Waals surface area contributed by atoms with E-state index in [0.29, 0.717) is 5.92 Å². The maximum atomic E-state index is 6.09. The van der Waals surface area contributed by atoms with Gasteiger partial charge in [0.25, 0.3) is 0 Å². The molecule has 0 aliphatic heterocycles. The number of nitrogens with zero attached hydrogens (tertiary/aromatic N) is 2. The van der Waals surface area contributed by atoms with Gasteiger partial charge in [0.2, 0.25) is 0 Å². The van der Waals surface area contributed by atoms with Gasteiger partial charge in [0, 0.05) is 17.6 Å². The van der Waals surface area contributed by atoms with Crippen molar-refractivity contribution >= 4 is 22.7 Å². The summed E-state index contributed by atoms with van der Waals surface area (Å²) < 4.78 is 0. The zero-order chi connectivity index (χ0) is 11.5. The van der Waals surface area contributed by atoms with Gasteiger partial charge in [-0.05, 0) is 12.3 Å². The van der Waals surface area contributed by atoms with E-state index in [9.17, 15) is 0 Å². The largest absolute Gasteiger partial charge is 0.323 e. The second kappa shape index (κ2) is 5.03. The van der Waals surface area contributed by atoms with Crippen LogP contribution in [0.5, 0.6) is 0 Å². The number of aromatic nitrogens is 2. The zero-order valence-electron chi connectivity index (χ0n) is 9.38. The molecule has 0 bridgehead atoms. The van der Waals surface area contributed by atoms with Crippen molar-refractivity contribution in [3.05, 3.63) is 22.8 Å². The molecular weight excluding hydrogens is 238 g/mol. The molecule has 0 saturated carbocycles. The van der Waals surface area contributed by atoms with Gasteiger partial charge in [-0.3, -0.25) is 4.98 Å². The quantitative estimate of drug-likeness (QED) is 0.909. The molecule has 0 saturated heterocycles. The van der Waals surface area contributed by atoms with Crippen LogP contribution in [-0.4, -0.2) is 9.97 Å².